The van der Waals surface area contributed by atoms with E-state index in [1.807, 2.05) is 17.9 Å². The van der Waals surface area contributed by atoms with Crippen LogP contribution in [0, 0.1) is 0 Å². The fourth-order valence-corrected chi connectivity index (χ4v) is 3.67. The summed E-state index contributed by atoms with van der Waals surface area (Å²) in [6.07, 6.45) is 1.45. The van der Waals surface area contributed by atoms with Crippen LogP contribution in [0.3, 0.4) is 0 Å². The van der Waals surface area contributed by atoms with Crippen molar-refractivity contribution in [3.8, 4) is 0 Å². The molecular weight excluding hydrogens is 308 g/mol. The van der Waals surface area contributed by atoms with Crippen LogP contribution in [0.1, 0.15) is 63.6 Å². The van der Waals surface area contributed by atoms with Crippen molar-refractivity contribution in [3.05, 3.63) is 59.7 Å². The zero-order valence-electron chi connectivity index (χ0n) is 15.6. The third-order valence-electron chi connectivity index (χ3n) is 5.08. The summed E-state index contributed by atoms with van der Waals surface area (Å²) in [4.78, 5) is 14.4. The SMILES string of the molecule is CCC(=O)N1c2ccccc2[C@H](Nc2ccc(C(C)C)cc2)C[C@@H]1C. The second-order valence-electron chi connectivity index (χ2n) is 7.23. The molecule has 0 unspecified atom stereocenters. The molecule has 0 aliphatic carbocycles. The van der Waals surface area contributed by atoms with Crippen molar-refractivity contribution in [2.24, 2.45) is 0 Å². The number of anilines is 2. The highest BCUT2D eigenvalue weighted by molar-refractivity contribution is 5.95. The van der Waals surface area contributed by atoms with Gasteiger partial charge in [0.2, 0.25) is 5.91 Å². The van der Waals surface area contributed by atoms with Gasteiger partial charge in [-0.15, -0.1) is 0 Å². The average molecular weight is 336 g/mol. The van der Waals surface area contributed by atoms with Gasteiger partial charge in [-0.2, -0.15) is 0 Å². The first kappa shape index (κ1) is 17.5. The first-order valence-electron chi connectivity index (χ1n) is 9.28. The Morgan fingerprint density at radius 3 is 2.48 bits per heavy atom. The van der Waals surface area contributed by atoms with E-state index >= 15 is 0 Å². The topological polar surface area (TPSA) is 32.3 Å². The largest absolute Gasteiger partial charge is 0.378 e. The lowest BCUT2D eigenvalue weighted by Crippen LogP contribution is -2.44. The third kappa shape index (κ3) is 3.55. The maximum atomic E-state index is 12.4. The molecule has 25 heavy (non-hydrogen) atoms. The Kier molecular flexibility index (Phi) is 5.12. The van der Waals surface area contributed by atoms with Crippen LogP contribution in [0.15, 0.2) is 48.5 Å². The van der Waals surface area contributed by atoms with E-state index in [2.05, 4.69) is 68.6 Å². The molecule has 1 amide bonds. The molecule has 0 saturated heterocycles. The van der Waals surface area contributed by atoms with E-state index in [4.69, 9.17) is 0 Å². The number of fused-ring (bicyclic) bond motifs is 1. The number of carbonyl (C=O) groups is 1. The van der Waals surface area contributed by atoms with E-state index in [0.29, 0.717) is 12.3 Å². The van der Waals surface area contributed by atoms with Crippen LogP contribution in [-0.2, 0) is 4.79 Å². The quantitative estimate of drug-likeness (QED) is 0.799. The lowest BCUT2D eigenvalue weighted by atomic mass is 9.91. The van der Waals surface area contributed by atoms with E-state index in [1.54, 1.807) is 0 Å². The highest BCUT2D eigenvalue weighted by Crippen LogP contribution is 2.39. The maximum absolute atomic E-state index is 12.4. The molecule has 0 bridgehead atoms. The number of nitrogens with one attached hydrogen (secondary N) is 1. The number of carbonyl (C=O) groups excluding carboxylic acids is 1. The van der Waals surface area contributed by atoms with Crippen molar-refractivity contribution in [2.45, 2.75) is 58.5 Å². The van der Waals surface area contributed by atoms with Crippen molar-refractivity contribution in [2.75, 3.05) is 10.2 Å². The number of hydrogen-bond donors (Lipinski definition) is 1. The molecule has 2 atom stereocenters. The Morgan fingerprint density at radius 2 is 1.84 bits per heavy atom. The van der Waals surface area contributed by atoms with Crippen molar-refractivity contribution in [3.63, 3.8) is 0 Å². The third-order valence-corrected chi connectivity index (χ3v) is 5.08. The summed E-state index contributed by atoms with van der Waals surface area (Å²) in [7, 11) is 0. The van der Waals surface area contributed by atoms with E-state index in [1.165, 1.54) is 11.1 Å². The Bertz CT molecular complexity index is 736. The molecule has 0 aromatic heterocycles. The van der Waals surface area contributed by atoms with Gasteiger partial charge in [-0.05, 0) is 48.6 Å². The Morgan fingerprint density at radius 1 is 1.16 bits per heavy atom. The highest BCUT2D eigenvalue weighted by Gasteiger charge is 2.32. The summed E-state index contributed by atoms with van der Waals surface area (Å²) < 4.78 is 0. The van der Waals surface area contributed by atoms with Crippen LogP contribution >= 0.6 is 0 Å². The number of para-hydroxylation sites is 1. The number of benzene rings is 2. The van der Waals surface area contributed by atoms with Crippen molar-refractivity contribution in [1.82, 2.24) is 0 Å². The summed E-state index contributed by atoms with van der Waals surface area (Å²) in [6.45, 7) is 8.49. The summed E-state index contributed by atoms with van der Waals surface area (Å²) in [5, 5.41) is 3.67. The van der Waals surface area contributed by atoms with Gasteiger partial charge in [0, 0.05) is 23.8 Å². The molecule has 0 spiro atoms. The van der Waals surface area contributed by atoms with Crippen LogP contribution < -0.4 is 10.2 Å². The monoisotopic (exact) mass is 336 g/mol. The summed E-state index contributed by atoms with van der Waals surface area (Å²) in [6, 6.07) is 17.4. The smallest absolute Gasteiger partial charge is 0.226 e. The summed E-state index contributed by atoms with van der Waals surface area (Å²) in [5.74, 6) is 0.734. The Hall–Kier alpha value is -2.29. The number of amides is 1. The molecule has 132 valence electrons. The molecule has 0 saturated carbocycles. The zero-order chi connectivity index (χ0) is 18.0. The normalized spacial score (nSPS) is 19.6. The van der Waals surface area contributed by atoms with Gasteiger partial charge < -0.3 is 10.2 Å². The van der Waals surface area contributed by atoms with Gasteiger partial charge in [0.05, 0.1) is 6.04 Å². The molecule has 0 fully saturated rings. The van der Waals surface area contributed by atoms with Gasteiger partial charge in [-0.25, -0.2) is 0 Å². The van der Waals surface area contributed by atoms with Crippen LogP contribution in [-0.4, -0.2) is 11.9 Å². The van der Waals surface area contributed by atoms with Crippen molar-refractivity contribution >= 4 is 17.3 Å². The second-order valence-corrected chi connectivity index (χ2v) is 7.23. The number of hydrogen-bond acceptors (Lipinski definition) is 2. The summed E-state index contributed by atoms with van der Waals surface area (Å²) >= 11 is 0. The minimum absolute atomic E-state index is 0.190. The van der Waals surface area contributed by atoms with Crippen molar-refractivity contribution < 1.29 is 4.79 Å². The highest BCUT2D eigenvalue weighted by atomic mass is 16.2. The molecule has 2 aromatic rings. The summed E-state index contributed by atoms with van der Waals surface area (Å²) in [5.41, 5.74) is 4.73. The fourth-order valence-electron chi connectivity index (χ4n) is 3.67. The molecule has 0 radical (unpaired) electrons. The molecule has 1 aliphatic rings. The predicted octanol–water partition coefficient (Wildman–Crippen LogP) is 5.50. The van der Waals surface area contributed by atoms with E-state index in [0.717, 1.165) is 17.8 Å². The number of nitrogens with zero attached hydrogens (tertiary/aromatic N) is 1. The first-order valence-corrected chi connectivity index (χ1v) is 9.28. The average Bonchev–Trinajstić information content (AvgIpc) is 2.62. The van der Waals surface area contributed by atoms with Crippen LogP contribution in [0.25, 0.3) is 0 Å². The van der Waals surface area contributed by atoms with Gasteiger partial charge in [-0.3, -0.25) is 4.79 Å². The van der Waals surface area contributed by atoms with Crippen molar-refractivity contribution in [1.29, 1.82) is 0 Å². The molecular formula is C22H28N2O. The van der Waals surface area contributed by atoms with E-state index in [-0.39, 0.29) is 18.0 Å². The van der Waals surface area contributed by atoms with Crippen LogP contribution in [0.2, 0.25) is 0 Å². The molecule has 3 rings (SSSR count). The van der Waals surface area contributed by atoms with Gasteiger partial charge >= 0.3 is 0 Å². The molecule has 2 aromatic carbocycles. The van der Waals surface area contributed by atoms with Crippen LogP contribution in [0.4, 0.5) is 11.4 Å². The fraction of sp³-hybridized carbons (Fsp3) is 0.409. The Labute approximate surface area is 151 Å². The second kappa shape index (κ2) is 7.30. The number of rotatable bonds is 4. The lowest BCUT2D eigenvalue weighted by Gasteiger charge is -2.40. The first-order chi connectivity index (χ1) is 12.0. The van der Waals surface area contributed by atoms with Gasteiger partial charge in [0.1, 0.15) is 0 Å². The molecule has 1 heterocycles. The predicted molar refractivity (Wildman–Crippen MR) is 105 cm³/mol. The van der Waals surface area contributed by atoms with Gasteiger partial charge in [0.25, 0.3) is 0 Å². The Balaban J connectivity index is 1.88. The standard InChI is InChI=1S/C22H28N2O/c1-5-22(25)24-16(4)14-20(19-8-6-7-9-21(19)24)23-18-12-10-17(11-13-18)15(2)3/h6-13,15-16,20,23H,5,14H2,1-4H3/t16-,20+/m0/s1. The molecule has 3 nitrogen and oxygen atoms in total. The lowest BCUT2D eigenvalue weighted by molar-refractivity contribution is -0.118. The van der Waals surface area contributed by atoms with E-state index in [9.17, 15) is 4.79 Å². The zero-order valence-corrected chi connectivity index (χ0v) is 15.6. The maximum Gasteiger partial charge on any atom is 0.226 e. The molecule has 1 N–H and O–H groups in total. The molecule has 1 aliphatic heterocycles. The van der Waals surface area contributed by atoms with Gasteiger partial charge in [-0.1, -0.05) is 51.1 Å². The minimum atomic E-state index is 0.190. The molecule has 3 heteroatoms. The van der Waals surface area contributed by atoms with E-state index < -0.39 is 0 Å². The van der Waals surface area contributed by atoms with Crippen LogP contribution in [0.5, 0.6) is 0 Å². The minimum Gasteiger partial charge on any atom is -0.378 e. The van der Waals surface area contributed by atoms with Gasteiger partial charge in [0.15, 0.2) is 0 Å².